The van der Waals surface area contributed by atoms with Crippen molar-refractivity contribution in [3.63, 3.8) is 0 Å². The third kappa shape index (κ3) is 4.60. The number of carbonyl (C=O) groups excluding carboxylic acids is 1. The van der Waals surface area contributed by atoms with Gasteiger partial charge < -0.3 is 14.2 Å². The van der Waals surface area contributed by atoms with Gasteiger partial charge >= 0.3 is 0 Å². The van der Waals surface area contributed by atoms with Gasteiger partial charge in [-0.3, -0.25) is 9.69 Å². The number of ether oxygens (including phenoxy) is 1. The van der Waals surface area contributed by atoms with Crippen molar-refractivity contribution in [1.29, 1.82) is 0 Å². The Bertz CT molecular complexity index is 836. The third-order valence-corrected chi connectivity index (χ3v) is 6.90. The molecule has 30 heavy (non-hydrogen) atoms. The van der Waals surface area contributed by atoms with Gasteiger partial charge in [-0.25, -0.2) is 0 Å². The molecule has 1 atom stereocenters. The zero-order valence-corrected chi connectivity index (χ0v) is 18.4. The van der Waals surface area contributed by atoms with Gasteiger partial charge in [0.15, 0.2) is 0 Å². The second-order valence-electron chi connectivity index (χ2n) is 8.94. The van der Waals surface area contributed by atoms with E-state index < -0.39 is 0 Å². The highest BCUT2D eigenvalue weighted by molar-refractivity contribution is 5.79. The Hall–Kier alpha value is -2.18. The van der Waals surface area contributed by atoms with Gasteiger partial charge in [0, 0.05) is 37.8 Å². The van der Waals surface area contributed by atoms with Gasteiger partial charge in [-0.15, -0.1) is 0 Å². The number of nitrogens with zero attached hydrogens (tertiary/aromatic N) is 3. The van der Waals surface area contributed by atoms with Crippen molar-refractivity contribution in [2.75, 3.05) is 26.7 Å². The molecule has 0 saturated carbocycles. The maximum Gasteiger partial charge on any atom is 0.227 e. The van der Waals surface area contributed by atoms with Crippen LogP contribution in [0.25, 0.3) is 0 Å². The molecule has 1 aromatic heterocycles. The first-order valence-electron chi connectivity index (χ1n) is 11.0. The molecule has 2 saturated heterocycles. The number of hydrogen-bond donors (Lipinski definition) is 0. The highest BCUT2D eigenvalue weighted by Gasteiger charge is 2.42. The highest BCUT2D eigenvalue weighted by Crippen LogP contribution is 2.37. The SMILES string of the molecule is Cc1noc(C)c1CC(=O)N1CCC2(CC1)CC(N(C)Cc1ccccc1)CCO2. The summed E-state index contributed by atoms with van der Waals surface area (Å²) in [6.45, 7) is 7.05. The van der Waals surface area contributed by atoms with Crippen LogP contribution in [0.15, 0.2) is 34.9 Å². The number of aryl methyl sites for hydroxylation is 2. The minimum absolute atomic E-state index is 0.0896. The third-order valence-electron chi connectivity index (χ3n) is 6.90. The van der Waals surface area contributed by atoms with E-state index in [9.17, 15) is 4.79 Å². The normalized spacial score (nSPS) is 21.3. The van der Waals surface area contributed by atoms with Crippen LogP contribution in [0.2, 0.25) is 0 Å². The predicted molar refractivity (Wildman–Crippen MR) is 115 cm³/mol. The van der Waals surface area contributed by atoms with Gasteiger partial charge in [-0.1, -0.05) is 35.5 Å². The smallest absolute Gasteiger partial charge is 0.227 e. The molecular weight excluding hydrogens is 378 g/mol. The van der Waals surface area contributed by atoms with Crippen LogP contribution in [0.1, 0.15) is 48.3 Å². The predicted octanol–water partition coefficient (Wildman–Crippen LogP) is 3.51. The molecule has 2 aliphatic rings. The maximum absolute atomic E-state index is 12.8. The summed E-state index contributed by atoms with van der Waals surface area (Å²) in [4.78, 5) is 17.3. The van der Waals surface area contributed by atoms with E-state index in [1.165, 1.54) is 5.56 Å². The molecule has 162 valence electrons. The van der Waals surface area contributed by atoms with Crippen molar-refractivity contribution in [2.45, 2.75) is 64.1 Å². The zero-order valence-electron chi connectivity index (χ0n) is 18.4. The maximum atomic E-state index is 12.8. The molecular formula is C24H33N3O3. The van der Waals surface area contributed by atoms with Crippen molar-refractivity contribution in [3.8, 4) is 0 Å². The Labute approximate surface area is 179 Å². The number of amides is 1. The number of piperidine rings is 1. The minimum atomic E-state index is -0.0896. The molecule has 0 N–H and O–H groups in total. The first kappa shape index (κ1) is 21.1. The fraction of sp³-hybridized carbons (Fsp3) is 0.583. The quantitative estimate of drug-likeness (QED) is 0.754. The molecule has 1 unspecified atom stereocenters. The highest BCUT2D eigenvalue weighted by atomic mass is 16.5. The number of hydrogen-bond acceptors (Lipinski definition) is 5. The van der Waals surface area contributed by atoms with Gasteiger partial charge in [0.25, 0.3) is 0 Å². The van der Waals surface area contributed by atoms with Crippen LogP contribution < -0.4 is 0 Å². The van der Waals surface area contributed by atoms with Gasteiger partial charge in [0.2, 0.25) is 5.91 Å². The van der Waals surface area contributed by atoms with Gasteiger partial charge in [-0.05, 0) is 52.1 Å². The number of aromatic nitrogens is 1. The minimum Gasteiger partial charge on any atom is -0.375 e. The van der Waals surface area contributed by atoms with Gasteiger partial charge in [0.05, 0.1) is 17.7 Å². The van der Waals surface area contributed by atoms with Crippen LogP contribution in [0.3, 0.4) is 0 Å². The second kappa shape index (κ2) is 8.90. The topological polar surface area (TPSA) is 58.8 Å². The molecule has 3 heterocycles. The molecule has 6 nitrogen and oxygen atoms in total. The molecule has 0 bridgehead atoms. The standard InChI is InChI=1S/C24H33N3O3/c1-18-22(19(2)30-25-18)15-23(28)27-12-10-24(11-13-27)16-21(9-14-29-24)26(3)17-20-7-5-4-6-8-20/h4-8,21H,9-17H2,1-3H3. The first-order valence-corrected chi connectivity index (χ1v) is 11.0. The van der Waals surface area contributed by atoms with Crippen LogP contribution in [0.5, 0.6) is 0 Å². The van der Waals surface area contributed by atoms with Crippen LogP contribution in [-0.2, 0) is 22.5 Å². The van der Waals surface area contributed by atoms with E-state index in [1.807, 2.05) is 18.7 Å². The lowest BCUT2D eigenvalue weighted by molar-refractivity contribution is -0.148. The molecule has 6 heteroatoms. The summed E-state index contributed by atoms with van der Waals surface area (Å²) in [5.41, 5.74) is 3.00. The first-order chi connectivity index (χ1) is 14.5. The van der Waals surface area contributed by atoms with Crippen molar-refractivity contribution in [2.24, 2.45) is 0 Å². The molecule has 4 rings (SSSR count). The van der Waals surface area contributed by atoms with Crippen molar-refractivity contribution in [1.82, 2.24) is 15.0 Å². The number of carbonyl (C=O) groups is 1. The van der Waals surface area contributed by atoms with Crippen LogP contribution in [0.4, 0.5) is 0 Å². The number of benzene rings is 1. The molecule has 0 aliphatic carbocycles. The van der Waals surface area contributed by atoms with Gasteiger partial charge in [0.1, 0.15) is 5.76 Å². The Balaban J connectivity index is 1.32. The Kier molecular flexibility index (Phi) is 6.25. The largest absolute Gasteiger partial charge is 0.375 e. The lowest BCUT2D eigenvalue weighted by atomic mass is 9.81. The molecule has 2 aliphatic heterocycles. The van der Waals surface area contributed by atoms with E-state index in [-0.39, 0.29) is 11.5 Å². The summed E-state index contributed by atoms with van der Waals surface area (Å²) in [5, 5.41) is 3.97. The van der Waals surface area contributed by atoms with Crippen LogP contribution >= 0.6 is 0 Å². The van der Waals surface area contributed by atoms with Crippen molar-refractivity contribution in [3.05, 3.63) is 52.9 Å². The molecule has 0 radical (unpaired) electrons. The lowest BCUT2D eigenvalue weighted by Crippen LogP contribution is -2.54. The summed E-state index contributed by atoms with van der Waals surface area (Å²) in [6.07, 6.45) is 4.31. The summed E-state index contributed by atoms with van der Waals surface area (Å²) >= 11 is 0. The van der Waals surface area contributed by atoms with Crippen molar-refractivity contribution < 1.29 is 14.1 Å². The average Bonchev–Trinajstić information content (AvgIpc) is 3.07. The molecule has 2 fully saturated rings. The Morgan fingerprint density at radius 1 is 1.23 bits per heavy atom. The van der Waals surface area contributed by atoms with E-state index in [0.29, 0.717) is 12.5 Å². The molecule has 2 aromatic rings. The second-order valence-corrected chi connectivity index (χ2v) is 8.94. The van der Waals surface area contributed by atoms with E-state index in [4.69, 9.17) is 9.26 Å². The van der Waals surface area contributed by atoms with E-state index in [1.54, 1.807) is 0 Å². The summed E-state index contributed by atoms with van der Waals surface area (Å²) in [6, 6.07) is 11.2. The molecule has 1 spiro atoms. The van der Waals surface area contributed by atoms with E-state index in [2.05, 4.69) is 47.4 Å². The Morgan fingerprint density at radius 2 is 1.97 bits per heavy atom. The molecule has 1 aromatic carbocycles. The fourth-order valence-corrected chi connectivity index (χ4v) is 4.91. The lowest BCUT2D eigenvalue weighted by Gasteiger charge is -2.48. The van der Waals surface area contributed by atoms with E-state index in [0.717, 1.165) is 68.9 Å². The summed E-state index contributed by atoms with van der Waals surface area (Å²) in [5.74, 6) is 0.905. The zero-order chi connectivity index (χ0) is 21.1. The van der Waals surface area contributed by atoms with Crippen LogP contribution in [-0.4, -0.2) is 59.3 Å². The number of likely N-dealkylation sites (tertiary alicyclic amines) is 1. The number of rotatable bonds is 5. The fourth-order valence-electron chi connectivity index (χ4n) is 4.91. The molecule has 1 amide bonds. The monoisotopic (exact) mass is 411 g/mol. The van der Waals surface area contributed by atoms with Gasteiger partial charge in [-0.2, -0.15) is 0 Å². The van der Waals surface area contributed by atoms with Crippen LogP contribution in [0, 0.1) is 13.8 Å². The Morgan fingerprint density at radius 3 is 2.63 bits per heavy atom. The summed E-state index contributed by atoms with van der Waals surface area (Å²) in [7, 11) is 2.22. The summed E-state index contributed by atoms with van der Waals surface area (Å²) < 4.78 is 11.5. The van der Waals surface area contributed by atoms with E-state index >= 15 is 0 Å². The van der Waals surface area contributed by atoms with Crippen molar-refractivity contribution >= 4 is 5.91 Å². The average molecular weight is 412 g/mol.